The van der Waals surface area contributed by atoms with Gasteiger partial charge in [-0.1, -0.05) is 158 Å². The van der Waals surface area contributed by atoms with Gasteiger partial charge in [-0.05, 0) is 73.8 Å². The smallest absolute Gasteiger partial charge is 0.161 e. The molecule has 0 radical (unpaired) electrons. The Morgan fingerprint density at radius 3 is 1.61 bits per heavy atom. The van der Waals surface area contributed by atoms with E-state index in [1.165, 1.54) is 53.5 Å². The molecular formula is C52H31N3S. The van der Waals surface area contributed by atoms with Crippen molar-refractivity contribution in [3.63, 3.8) is 0 Å². The highest BCUT2D eigenvalue weighted by atomic mass is 32.1. The first-order valence-electron chi connectivity index (χ1n) is 19.0. The van der Waals surface area contributed by atoms with Gasteiger partial charge in [-0.25, -0.2) is 9.97 Å². The Balaban J connectivity index is 1.21. The fourth-order valence-electron chi connectivity index (χ4n) is 8.97. The third kappa shape index (κ3) is 4.57. The van der Waals surface area contributed by atoms with E-state index >= 15 is 0 Å². The quantitative estimate of drug-likeness (QED) is 0.169. The molecule has 3 nitrogen and oxygen atoms in total. The van der Waals surface area contributed by atoms with Crippen LogP contribution in [-0.4, -0.2) is 14.5 Å². The summed E-state index contributed by atoms with van der Waals surface area (Å²) in [6.45, 7) is 0. The van der Waals surface area contributed by atoms with Gasteiger partial charge in [-0.3, -0.25) is 0 Å². The molecule has 0 fully saturated rings. The third-order valence-electron chi connectivity index (χ3n) is 11.4. The second-order valence-corrected chi connectivity index (χ2v) is 15.5. The maximum Gasteiger partial charge on any atom is 0.161 e. The fraction of sp³-hybridized carbons (Fsp3) is 0. The molecule has 3 heterocycles. The second-order valence-electron chi connectivity index (χ2n) is 14.5. The molecule has 12 rings (SSSR count). The number of hydrogen-bond donors (Lipinski definition) is 0. The van der Waals surface area contributed by atoms with Gasteiger partial charge in [-0.15, -0.1) is 11.3 Å². The van der Waals surface area contributed by atoms with Crippen molar-refractivity contribution in [2.75, 3.05) is 0 Å². The van der Waals surface area contributed by atoms with Gasteiger partial charge in [0.1, 0.15) is 0 Å². The van der Waals surface area contributed by atoms with E-state index in [9.17, 15) is 0 Å². The van der Waals surface area contributed by atoms with Crippen molar-refractivity contribution < 1.29 is 0 Å². The zero-order valence-electron chi connectivity index (χ0n) is 30.1. The molecule has 9 aromatic carbocycles. The number of aromatic nitrogens is 3. The van der Waals surface area contributed by atoms with Gasteiger partial charge in [0.05, 0.1) is 26.9 Å². The molecule has 0 N–H and O–H groups in total. The molecule has 56 heavy (non-hydrogen) atoms. The summed E-state index contributed by atoms with van der Waals surface area (Å²) in [5, 5.41) is 11.1. The van der Waals surface area contributed by atoms with Gasteiger partial charge < -0.3 is 4.57 Å². The van der Waals surface area contributed by atoms with E-state index < -0.39 is 0 Å². The van der Waals surface area contributed by atoms with Crippen molar-refractivity contribution >= 4 is 85.8 Å². The topological polar surface area (TPSA) is 30.7 Å². The standard InChI is InChI=1S/C52H31N3S/c1-3-15-32(16-4-1)35-24-13-26-44-47(35)48-42(52-53-49(33-17-5-2-6-18-33)51-50(54-52)41-23-11-12-28-46(41)56-51)25-14-27-45(48)55(44)34-29-30-40-38-21-8-7-19-36(38)37-20-9-10-22-39(37)43(40)31-34/h1-31H. The number of nitrogens with zero attached hydrogens (tertiary/aromatic N) is 3. The zero-order valence-corrected chi connectivity index (χ0v) is 31.0. The average molecular weight is 730 g/mol. The maximum absolute atomic E-state index is 5.47. The molecule has 0 bridgehead atoms. The Morgan fingerprint density at radius 1 is 0.393 bits per heavy atom. The highest BCUT2D eigenvalue weighted by Crippen LogP contribution is 2.45. The molecule has 0 aliphatic rings. The maximum atomic E-state index is 5.47. The largest absolute Gasteiger partial charge is 0.309 e. The molecule has 260 valence electrons. The fourth-order valence-corrected chi connectivity index (χ4v) is 10.1. The van der Waals surface area contributed by atoms with E-state index in [1.54, 1.807) is 11.3 Å². The summed E-state index contributed by atoms with van der Waals surface area (Å²) in [5.74, 6) is 0.725. The lowest BCUT2D eigenvalue weighted by Gasteiger charge is -2.14. The number of rotatable bonds is 4. The van der Waals surface area contributed by atoms with Gasteiger partial charge >= 0.3 is 0 Å². The minimum atomic E-state index is 0.725. The van der Waals surface area contributed by atoms with Crippen molar-refractivity contribution in [1.82, 2.24) is 14.5 Å². The Morgan fingerprint density at radius 2 is 0.929 bits per heavy atom. The van der Waals surface area contributed by atoms with Crippen molar-refractivity contribution in [2.45, 2.75) is 0 Å². The molecule has 0 spiro atoms. The van der Waals surface area contributed by atoms with E-state index in [0.717, 1.165) is 60.4 Å². The predicted octanol–water partition coefficient (Wildman–Crippen LogP) is 14.4. The lowest BCUT2D eigenvalue weighted by Crippen LogP contribution is -1.96. The lowest BCUT2D eigenvalue weighted by molar-refractivity contribution is 1.18. The summed E-state index contributed by atoms with van der Waals surface area (Å²) >= 11 is 1.77. The second kappa shape index (κ2) is 12.2. The summed E-state index contributed by atoms with van der Waals surface area (Å²) in [6, 6.07) is 67.8. The first-order chi connectivity index (χ1) is 27.8. The van der Waals surface area contributed by atoms with Crippen LogP contribution in [0.3, 0.4) is 0 Å². The number of hydrogen-bond acceptors (Lipinski definition) is 3. The van der Waals surface area contributed by atoms with Crippen molar-refractivity contribution in [3.05, 3.63) is 188 Å². The van der Waals surface area contributed by atoms with Crippen LogP contribution in [-0.2, 0) is 0 Å². The molecule has 0 amide bonds. The van der Waals surface area contributed by atoms with Crippen LogP contribution in [0.15, 0.2) is 188 Å². The molecule has 0 saturated heterocycles. The van der Waals surface area contributed by atoms with Crippen LogP contribution in [0.2, 0.25) is 0 Å². The normalized spacial score (nSPS) is 11.9. The van der Waals surface area contributed by atoms with Gasteiger partial charge in [0, 0.05) is 37.7 Å². The molecule has 0 unspecified atom stereocenters. The Kier molecular flexibility index (Phi) is 6.80. The van der Waals surface area contributed by atoms with Crippen LogP contribution < -0.4 is 0 Å². The van der Waals surface area contributed by atoms with E-state index in [1.807, 2.05) is 0 Å². The Bertz CT molecular complexity index is 3490. The first-order valence-corrected chi connectivity index (χ1v) is 19.8. The van der Waals surface area contributed by atoms with Crippen LogP contribution in [0.4, 0.5) is 0 Å². The summed E-state index contributed by atoms with van der Waals surface area (Å²) in [4.78, 5) is 10.9. The lowest BCUT2D eigenvalue weighted by atomic mass is 9.94. The minimum Gasteiger partial charge on any atom is -0.309 e. The predicted molar refractivity (Wildman–Crippen MR) is 238 cm³/mol. The van der Waals surface area contributed by atoms with Crippen LogP contribution in [0.1, 0.15) is 0 Å². The van der Waals surface area contributed by atoms with Crippen LogP contribution in [0, 0.1) is 0 Å². The van der Waals surface area contributed by atoms with Crippen LogP contribution in [0.25, 0.3) is 114 Å². The molecular weight excluding hydrogens is 699 g/mol. The van der Waals surface area contributed by atoms with Crippen LogP contribution in [0.5, 0.6) is 0 Å². The Hall–Kier alpha value is -7.14. The average Bonchev–Trinajstić information content (AvgIpc) is 3.83. The van der Waals surface area contributed by atoms with Crippen molar-refractivity contribution in [3.8, 4) is 39.5 Å². The van der Waals surface area contributed by atoms with Gasteiger partial charge in [-0.2, -0.15) is 0 Å². The zero-order chi connectivity index (χ0) is 36.7. The number of fused-ring (bicyclic) bond motifs is 12. The van der Waals surface area contributed by atoms with Gasteiger partial charge in [0.2, 0.25) is 0 Å². The van der Waals surface area contributed by atoms with Gasteiger partial charge in [0.25, 0.3) is 0 Å². The van der Waals surface area contributed by atoms with Crippen molar-refractivity contribution in [2.24, 2.45) is 0 Å². The van der Waals surface area contributed by atoms with Crippen LogP contribution >= 0.6 is 11.3 Å². The third-order valence-corrected chi connectivity index (χ3v) is 12.6. The summed E-state index contributed by atoms with van der Waals surface area (Å²) in [7, 11) is 0. The summed E-state index contributed by atoms with van der Waals surface area (Å²) in [5.41, 5.74) is 9.79. The number of benzene rings is 9. The first kappa shape index (κ1) is 31.2. The SMILES string of the molecule is c1ccc(-c2nc(-c3cccc4c3c3c(-c5ccccc5)cccc3n4-c3ccc4c5ccccc5c5ccccc5c4c3)nc3c2sc2ccccc23)cc1. The molecule has 0 saturated carbocycles. The minimum absolute atomic E-state index is 0.725. The van der Waals surface area contributed by atoms with E-state index in [2.05, 4.69) is 193 Å². The molecule has 4 heteroatoms. The van der Waals surface area contributed by atoms with E-state index in [4.69, 9.17) is 9.97 Å². The molecule has 0 aliphatic heterocycles. The summed E-state index contributed by atoms with van der Waals surface area (Å²) < 4.78 is 4.77. The van der Waals surface area contributed by atoms with E-state index in [-0.39, 0.29) is 0 Å². The summed E-state index contributed by atoms with van der Waals surface area (Å²) in [6.07, 6.45) is 0. The van der Waals surface area contributed by atoms with Gasteiger partial charge in [0.15, 0.2) is 5.82 Å². The molecule has 3 aromatic heterocycles. The van der Waals surface area contributed by atoms with Crippen molar-refractivity contribution in [1.29, 1.82) is 0 Å². The van der Waals surface area contributed by atoms with E-state index in [0.29, 0.717) is 0 Å². The highest BCUT2D eigenvalue weighted by molar-refractivity contribution is 7.26. The number of thiophene rings is 1. The molecule has 0 atom stereocenters. The Labute approximate surface area is 326 Å². The molecule has 12 aromatic rings. The monoisotopic (exact) mass is 729 g/mol. The highest BCUT2D eigenvalue weighted by Gasteiger charge is 2.23. The molecule has 0 aliphatic carbocycles.